The molecule has 3 heteroatoms. The van der Waals surface area contributed by atoms with Crippen molar-refractivity contribution < 1.29 is 9.71 Å². The van der Waals surface area contributed by atoms with Crippen LogP contribution in [0.25, 0.3) is 0 Å². The molecule has 0 spiro atoms. The summed E-state index contributed by atoms with van der Waals surface area (Å²) in [5.41, 5.74) is 0.643. The molecule has 1 nitrogen and oxygen atoms in total. The molecular formula is C15H22ClFN+. The van der Waals surface area contributed by atoms with Gasteiger partial charge in [0.05, 0.1) is 16.6 Å². The summed E-state index contributed by atoms with van der Waals surface area (Å²) in [6.45, 7) is 5.28. The van der Waals surface area contributed by atoms with E-state index in [0.717, 1.165) is 5.92 Å². The molecule has 1 saturated carbocycles. The van der Waals surface area contributed by atoms with E-state index in [4.69, 9.17) is 11.6 Å². The second-order valence-corrected chi connectivity index (χ2v) is 5.98. The van der Waals surface area contributed by atoms with Gasteiger partial charge < -0.3 is 5.32 Å². The summed E-state index contributed by atoms with van der Waals surface area (Å²) in [6, 6.07) is 5.51. The molecule has 0 bridgehead atoms. The van der Waals surface area contributed by atoms with Crippen LogP contribution in [-0.4, -0.2) is 6.04 Å². The van der Waals surface area contributed by atoms with E-state index >= 15 is 0 Å². The molecule has 0 saturated heterocycles. The summed E-state index contributed by atoms with van der Waals surface area (Å²) in [6.07, 6.45) is 3.85. The summed E-state index contributed by atoms with van der Waals surface area (Å²) in [5, 5.41) is 2.81. The van der Waals surface area contributed by atoms with Crippen molar-refractivity contribution in [3.05, 3.63) is 34.6 Å². The first kappa shape index (κ1) is 13.8. The van der Waals surface area contributed by atoms with Crippen LogP contribution in [0.2, 0.25) is 5.02 Å². The van der Waals surface area contributed by atoms with Crippen LogP contribution in [0.1, 0.15) is 38.7 Å². The van der Waals surface area contributed by atoms with Crippen LogP contribution in [0, 0.1) is 17.7 Å². The third kappa shape index (κ3) is 3.04. The lowest BCUT2D eigenvalue weighted by atomic mass is 9.78. The predicted octanol–water partition coefficient (Wildman–Crippen LogP) is 3.37. The molecule has 0 aliphatic heterocycles. The van der Waals surface area contributed by atoms with Crippen molar-refractivity contribution in [1.82, 2.24) is 0 Å². The highest BCUT2D eigenvalue weighted by atomic mass is 35.5. The zero-order valence-corrected chi connectivity index (χ0v) is 11.9. The Kier molecular flexibility index (Phi) is 4.63. The van der Waals surface area contributed by atoms with Gasteiger partial charge in [-0.25, -0.2) is 4.39 Å². The summed E-state index contributed by atoms with van der Waals surface area (Å²) in [5.74, 6) is 1.29. The van der Waals surface area contributed by atoms with Gasteiger partial charge in [0.25, 0.3) is 0 Å². The molecule has 1 aliphatic carbocycles. The van der Waals surface area contributed by atoms with Gasteiger partial charge in [-0.3, -0.25) is 0 Å². The standard InChI is InChI=1S/C15H21ClFN/c1-10-5-3-8-15(11(10)2)18-9-12-13(16)6-4-7-14(12)17/h4,6-7,10-11,15,18H,3,5,8-9H2,1-2H3/p+1/t10-,11+,15-/m0/s1. The summed E-state index contributed by atoms with van der Waals surface area (Å²) >= 11 is 6.05. The van der Waals surface area contributed by atoms with Gasteiger partial charge in [-0.05, 0) is 37.3 Å². The third-order valence-corrected chi connectivity index (χ3v) is 4.81. The largest absolute Gasteiger partial charge is 0.340 e. The molecule has 1 aromatic carbocycles. The van der Waals surface area contributed by atoms with E-state index in [0.29, 0.717) is 29.1 Å². The Morgan fingerprint density at radius 3 is 2.83 bits per heavy atom. The fourth-order valence-electron chi connectivity index (χ4n) is 2.95. The second kappa shape index (κ2) is 6.03. The van der Waals surface area contributed by atoms with Crippen molar-refractivity contribution in [2.75, 3.05) is 0 Å². The molecule has 18 heavy (non-hydrogen) atoms. The molecule has 1 aliphatic rings. The number of benzene rings is 1. The Hall–Kier alpha value is -0.600. The van der Waals surface area contributed by atoms with Crippen molar-refractivity contribution in [3.8, 4) is 0 Å². The minimum atomic E-state index is -0.185. The van der Waals surface area contributed by atoms with Gasteiger partial charge in [-0.2, -0.15) is 0 Å². The Bertz CT molecular complexity index is 387. The maximum Gasteiger partial charge on any atom is 0.133 e. The minimum Gasteiger partial charge on any atom is -0.340 e. The van der Waals surface area contributed by atoms with E-state index in [1.807, 2.05) is 0 Å². The molecular weight excluding hydrogens is 249 g/mol. The van der Waals surface area contributed by atoms with Crippen molar-refractivity contribution in [2.45, 2.75) is 45.7 Å². The second-order valence-electron chi connectivity index (χ2n) is 5.57. The molecule has 0 heterocycles. The first-order valence-electron chi connectivity index (χ1n) is 6.85. The van der Waals surface area contributed by atoms with E-state index in [2.05, 4.69) is 19.2 Å². The van der Waals surface area contributed by atoms with E-state index in [-0.39, 0.29) is 5.82 Å². The average molecular weight is 271 g/mol. The molecule has 1 aromatic rings. The van der Waals surface area contributed by atoms with Crippen molar-refractivity contribution in [2.24, 2.45) is 11.8 Å². The summed E-state index contributed by atoms with van der Waals surface area (Å²) in [7, 11) is 0. The number of quaternary nitrogens is 1. The molecule has 1 fully saturated rings. The van der Waals surface area contributed by atoms with Crippen LogP contribution >= 0.6 is 11.6 Å². The third-order valence-electron chi connectivity index (χ3n) is 4.46. The molecule has 2 N–H and O–H groups in total. The van der Waals surface area contributed by atoms with Crippen LogP contribution in [0.4, 0.5) is 4.39 Å². The van der Waals surface area contributed by atoms with Crippen LogP contribution < -0.4 is 5.32 Å². The van der Waals surface area contributed by atoms with E-state index in [9.17, 15) is 4.39 Å². The Balaban J connectivity index is 1.99. The highest BCUT2D eigenvalue weighted by Crippen LogP contribution is 2.27. The first-order chi connectivity index (χ1) is 8.59. The lowest BCUT2D eigenvalue weighted by Crippen LogP contribution is -2.90. The lowest BCUT2D eigenvalue weighted by Gasteiger charge is -2.32. The number of hydrogen-bond donors (Lipinski definition) is 1. The Morgan fingerprint density at radius 2 is 2.11 bits per heavy atom. The topological polar surface area (TPSA) is 16.6 Å². The van der Waals surface area contributed by atoms with E-state index in [1.54, 1.807) is 12.1 Å². The Morgan fingerprint density at radius 1 is 1.33 bits per heavy atom. The number of halogens is 2. The summed E-state index contributed by atoms with van der Waals surface area (Å²) < 4.78 is 13.7. The van der Waals surface area contributed by atoms with Gasteiger partial charge >= 0.3 is 0 Å². The van der Waals surface area contributed by atoms with Gasteiger partial charge in [0.15, 0.2) is 0 Å². The average Bonchev–Trinajstić information content (AvgIpc) is 2.33. The molecule has 0 aromatic heterocycles. The fraction of sp³-hybridized carbons (Fsp3) is 0.600. The van der Waals surface area contributed by atoms with Gasteiger partial charge in [-0.1, -0.05) is 31.5 Å². The van der Waals surface area contributed by atoms with Crippen molar-refractivity contribution in [3.63, 3.8) is 0 Å². The highest BCUT2D eigenvalue weighted by Gasteiger charge is 2.29. The van der Waals surface area contributed by atoms with Crippen LogP contribution in [0.3, 0.4) is 0 Å². The molecule has 0 unspecified atom stereocenters. The SMILES string of the molecule is C[C@H]1[C@@H]([NH2+]Cc2c(F)cccc2Cl)CCC[C@@H]1C. The maximum atomic E-state index is 13.7. The number of rotatable bonds is 3. The highest BCUT2D eigenvalue weighted by molar-refractivity contribution is 6.31. The van der Waals surface area contributed by atoms with Crippen LogP contribution in [0.15, 0.2) is 18.2 Å². The Labute approximate surface area is 114 Å². The minimum absolute atomic E-state index is 0.185. The maximum absolute atomic E-state index is 13.7. The normalized spacial score (nSPS) is 28.3. The molecule has 0 radical (unpaired) electrons. The van der Waals surface area contributed by atoms with E-state index in [1.165, 1.54) is 25.3 Å². The van der Waals surface area contributed by atoms with Crippen molar-refractivity contribution >= 4 is 11.6 Å². The van der Waals surface area contributed by atoms with E-state index < -0.39 is 0 Å². The van der Waals surface area contributed by atoms with Gasteiger partial charge in [-0.15, -0.1) is 0 Å². The zero-order chi connectivity index (χ0) is 13.1. The van der Waals surface area contributed by atoms with Crippen molar-refractivity contribution in [1.29, 1.82) is 0 Å². The smallest absolute Gasteiger partial charge is 0.133 e. The van der Waals surface area contributed by atoms with Gasteiger partial charge in [0.1, 0.15) is 12.4 Å². The number of hydrogen-bond acceptors (Lipinski definition) is 0. The van der Waals surface area contributed by atoms with Gasteiger partial charge in [0.2, 0.25) is 0 Å². The molecule has 2 rings (SSSR count). The fourth-order valence-corrected chi connectivity index (χ4v) is 3.19. The predicted molar refractivity (Wildman–Crippen MR) is 73.0 cm³/mol. The van der Waals surface area contributed by atoms with Crippen LogP contribution in [-0.2, 0) is 6.54 Å². The molecule has 0 amide bonds. The number of nitrogens with two attached hydrogens (primary N) is 1. The summed E-state index contributed by atoms with van der Waals surface area (Å²) in [4.78, 5) is 0. The van der Waals surface area contributed by atoms with Crippen LogP contribution in [0.5, 0.6) is 0 Å². The quantitative estimate of drug-likeness (QED) is 0.867. The van der Waals surface area contributed by atoms with Gasteiger partial charge in [0, 0.05) is 5.92 Å². The molecule has 100 valence electrons. The molecule has 3 atom stereocenters. The first-order valence-corrected chi connectivity index (χ1v) is 7.23. The zero-order valence-electron chi connectivity index (χ0n) is 11.1. The monoisotopic (exact) mass is 270 g/mol. The lowest BCUT2D eigenvalue weighted by molar-refractivity contribution is -0.713.